The largest absolute Gasteiger partial charge is 0.368 e. The van der Waals surface area contributed by atoms with Gasteiger partial charge >= 0.3 is 0 Å². The molecule has 1 saturated heterocycles. The highest BCUT2D eigenvalue weighted by atomic mass is 19.1. The molecule has 0 atom stereocenters. The van der Waals surface area contributed by atoms with E-state index in [0.717, 1.165) is 38.4 Å². The first-order valence-corrected chi connectivity index (χ1v) is 10.8. The van der Waals surface area contributed by atoms with Crippen molar-refractivity contribution in [1.82, 2.24) is 9.80 Å². The van der Waals surface area contributed by atoms with E-state index in [9.17, 15) is 14.0 Å². The highest BCUT2D eigenvalue weighted by molar-refractivity contribution is 6.23. The number of carbonyl (C=O) groups excluding carboxylic acids is 2. The number of imide groups is 1. The Labute approximate surface area is 182 Å². The van der Waals surface area contributed by atoms with Gasteiger partial charge in [-0.05, 0) is 44.0 Å². The van der Waals surface area contributed by atoms with E-state index in [1.807, 2.05) is 12.1 Å². The molecule has 5 nitrogen and oxygen atoms in total. The standard InChI is InChI=1S/C25H28FN3O2/c1-3-18(2)17-27-13-15-28(16-14-27)22-10-6-8-20-23(22)25(31)29(24(20)30)12-11-19-7-4-5-9-21(19)26/h3-10H,11-17H2,1-2H3. The topological polar surface area (TPSA) is 43.9 Å². The molecule has 4 rings (SSSR count). The Kier molecular flexibility index (Phi) is 6.18. The van der Waals surface area contributed by atoms with Gasteiger partial charge in [-0.2, -0.15) is 0 Å². The molecule has 0 radical (unpaired) electrons. The Bertz CT molecular complexity index is 1030. The molecule has 31 heavy (non-hydrogen) atoms. The lowest BCUT2D eigenvalue weighted by molar-refractivity contribution is 0.0656. The van der Waals surface area contributed by atoms with E-state index in [4.69, 9.17) is 0 Å². The maximum absolute atomic E-state index is 14.0. The predicted molar refractivity (Wildman–Crippen MR) is 120 cm³/mol. The van der Waals surface area contributed by atoms with Gasteiger partial charge in [0.1, 0.15) is 5.82 Å². The number of hydrogen-bond donors (Lipinski definition) is 0. The second kappa shape index (κ2) is 9.02. The molecule has 0 saturated carbocycles. The normalized spacial score (nSPS) is 17.5. The molecule has 2 aliphatic heterocycles. The zero-order valence-corrected chi connectivity index (χ0v) is 18.1. The fraction of sp³-hybridized carbons (Fsp3) is 0.360. The first-order valence-electron chi connectivity index (χ1n) is 10.8. The van der Waals surface area contributed by atoms with E-state index in [2.05, 4.69) is 29.7 Å². The Hall–Kier alpha value is -2.99. The summed E-state index contributed by atoms with van der Waals surface area (Å²) in [6.45, 7) is 8.76. The summed E-state index contributed by atoms with van der Waals surface area (Å²) in [5, 5.41) is 0. The molecular weight excluding hydrogens is 393 g/mol. The lowest BCUT2D eigenvalue weighted by atomic mass is 10.1. The van der Waals surface area contributed by atoms with E-state index in [1.165, 1.54) is 16.5 Å². The zero-order chi connectivity index (χ0) is 22.0. The Balaban J connectivity index is 1.49. The zero-order valence-electron chi connectivity index (χ0n) is 18.1. The monoisotopic (exact) mass is 421 g/mol. The molecule has 0 aliphatic carbocycles. The SMILES string of the molecule is CC=C(C)CN1CCN(c2cccc3c2C(=O)N(CCc2ccccc2F)C3=O)CC1. The van der Waals surface area contributed by atoms with Crippen LogP contribution in [0.1, 0.15) is 40.1 Å². The average Bonchev–Trinajstić information content (AvgIpc) is 3.03. The number of hydrogen-bond acceptors (Lipinski definition) is 4. The Morgan fingerprint density at radius 3 is 2.45 bits per heavy atom. The summed E-state index contributed by atoms with van der Waals surface area (Å²) >= 11 is 0. The van der Waals surface area contributed by atoms with Gasteiger partial charge in [-0.3, -0.25) is 19.4 Å². The second-order valence-electron chi connectivity index (χ2n) is 8.20. The molecule has 0 N–H and O–H groups in total. The molecule has 0 aromatic heterocycles. The van der Waals surface area contributed by atoms with Crippen molar-refractivity contribution in [3.63, 3.8) is 0 Å². The van der Waals surface area contributed by atoms with Crippen molar-refractivity contribution >= 4 is 17.5 Å². The van der Waals surface area contributed by atoms with Crippen molar-refractivity contribution in [3.05, 3.63) is 76.6 Å². The number of carbonyl (C=O) groups is 2. The fourth-order valence-corrected chi connectivity index (χ4v) is 4.31. The third kappa shape index (κ3) is 4.26. The third-order valence-electron chi connectivity index (χ3n) is 6.22. The van der Waals surface area contributed by atoms with Crippen LogP contribution in [0.4, 0.5) is 10.1 Å². The molecule has 0 spiro atoms. The molecule has 2 heterocycles. The molecule has 2 aliphatic rings. The number of allylic oxidation sites excluding steroid dienone is 1. The van der Waals surface area contributed by atoms with Crippen LogP contribution in [0.3, 0.4) is 0 Å². The van der Waals surface area contributed by atoms with Crippen LogP contribution in [-0.4, -0.2) is 60.9 Å². The minimum atomic E-state index is -0.314. The number of piperazine rings is 1. The molecule has 2 aromatic carbocycles. The van der Waals surface area contributed by atoms with Gasteiger partial charge in [-0.25, -0.2) is 4.39 Å². The van der Waals surface area contributed by atoms with Crippen LogP contribution in [0.5, 0.6) is 0 Å². The molecular formula is C25H28FN3O2. The summed E-state index contributed by atoms with van der Waals surface area (Å²) in [5.41, 5.74) is 3.61. The van der Waals surface area contributed by atoms with Gasteiger partial charge in [0.2, 0.25) is 0 Å². The molecule has 0 bridgehead atoms. The highest BCUT2D eigenvalue weighted by Gasteiger charge is 2.38. The summed E-state index contributed by atoms with van der Waals surface area (Å²) in [6, 6.07) is 12.0. The van der Waals surface area contributed by atoms with E-state index in [0.29, 0.717) is 23.1 Å². The van der Waals surface area contributed by atoms with Gasteiger partial charge in [0.05, 0.1) is 16.8 Å². The van der Waals surface area contributed by atoms with Gasteiger partial charge in [0, 0.05) is 39.3 Å². The third-order valence-corrected chi connectivity index (χ3v) is 6.22. The van der Waals surface area contributed by atoms with Crippen LogP contribution < -0.4 is 4.90 Å². The number of anilines is 1. The van der Waals surface area contributed by atoms with Crippen LogP contribution in [0.25, 0.3) is 0 Å². The lowest BCUT2D eigenvalue weighted by Crippen LogP contribution is -2.47. The van der Waals surface area contributed by atoms with Crippen LogP contribution in [0.15, 0.2) is 54.1 Å². The number of amides is 2. The van der Waals surface area contributed by atoms with E-state index >= 15 is 0 Å². The Morgan fingerprint density at radius 1 is 1.00 bits per heavy atom. The molecule has 2 aromatic rings. The molecule has 2 amide bonds. The van der Waals surface area contributed by atoms with Gasteiger partial charge < -0.3 is 4.90 Å². The van der Waals surface area contributed by atoms with Gasteiger partial charge in [-0.15, -0.1) is 0 Å². The van der Waals surface area contributed by atoms with Crippen molar-refractivity contribution < 1.29 is 14.0 Å². The van der Waals surface area contributed by atoms with Crippen molar-refractivity contribution in [2.24, 2.45) is 0 Å². The fourth-order valence-electron chi connectivity index (χ4n) is 4.31. The molecule has 162 valence electrons. The summed E-state index contributed by atoms with van der Waals surface area (Å²) in [6.07, 6.45) is 2.44. The first-order chi connectivity index (χ1) is 15.0. The molecule has 6 heteroatoms. The number of rotatable bonds is 6. The van der Waals surface area contributed by atoms with E-state index in [-0.39, 0.29) is 24.2 Å². The van der Waals surface area contributed by atoms with E-state index in [1.54, 1.807) is 24.3 Å². The maximum Gasteiger partial charge on any atom is 0.263 e. The molecule has 1 fully saturated rings. The smallest absolute Gasteiger partial charge is 0.263 e. The summed E-state index contributed by atoms with van der Waals surface area (Å²) in [4.78, 5) is 32.0. The lowest BCUT2D eigenvalue weighted by Gasteiger charge is -2.36. The quantitative estimate of drug-likeness (QED) is 0.526. The number of halogens is 1. The van der Waals surface area contributed by atoms with Crippen molar-refractivity contribution in [1.29, 1.82) is 0 Å². The van der Waals surface area contributed by atoms with Crippen molar-refractivity contribution in [2.75, 3.05) is 44.2 Å². The number of fused-ring (bicyclic) bond motifs is 1. The Morgan fingerprint density at radius 2 is 1.74 bits per heavy atom. The van der Waals surface area contributed by atoms with Gasteiger partial charge in [-0.1, -0.05) is 35.9 Å². The van der Waals surface area contributed by atoms with Crippen molar-refractivity contribution in [3.8, 4) is 0 Å². The highest BCUT2D eigenvalue weighted by Crippen LogP contribution is 2.32. The predicted octanol–water partition coefficient (Wildman–Crippen LogP) is 3.75. The first kappa shape index (κ1) is 21.2. The summed E-state index contributed by atoms with van der Waals surface area (Å²) < 4.78 is 14.0. The summed E-state index contributed by atoms with van der Waals surface area (Å²) in [7, 11) is 0. The summed E-state index contributed by atoms with van der Waals surface area (Å²) in [5.74, 6) is -0.884. The van der Waals surface area contributed by atoms with Gasteiger partial charge in [0.15, 0.2) is 0 Å². The van der Waals surface area contributed by atoms with Crippen LogP contribution >= 0.6 is 0 Å². The number of nitrogens with zero attached hydrogens (tertiary/aromatic N) is 3. The van der Waals surface area contributed by atoms with Gasteiger partial charge in [0.25, 0.3) is 11.8 Å². The minimum absolute atomic E-state index is 0.170. The van der Waals surface area contributed by atoms with Crippen molar-refractivity contribution in [2.45, 2.75) is 20.3 Å². The van der Waals surface area contributed by atoms with Crippen LogP contribution in [-0.2, 0) is 6.42 Å². The second-order valence-corrected chi connectivity index (χ2v) is 8.20. The van der Waals surface area contributed by atoms with Crippen LogP contribution in [0, 0.1) is 5.82 Å². The maximum atomic E-state index is 14.0. The van der Waals surface area contributed by atoms with E-state index < -0.39 is 0 Å². The average molecular weight is 422 g/mol. The molecule has 0 unspecified atom stereocenters. The van der Waals surface area contributed by atoms with Crippen LogP contribution in [0.2, 0.25) is 0 Å². The number of benzene rings is 2. The minimum Gasteiger partial charge on any atom is -0.368 e.